The summed E-state index contributed by atoms with van der Waals surface area (Å²) in [5.41, 5.74) is 1.32. The fraction of sp³-hybridized carbons (Fsp3) is 0.158. The second kappa shape index (κ2) is 7.28. The summed E-state index contributed by atoms with van der Waals surface area (Å²) in [5, 5.41) is 4.38. The molecule has 8 heteroatoms. The van der Waals surface area contributed by atoms with E-state index in [1.165, 1.54) is 27.1 Å². The van der Waals surface area contributed by atoms with Crippen molar-refractivity contribution in [2.45, 2.75) is 13.8 Å². The number of pyridine rings is 1. The first-order chi connectivity index (χ1) is 12.8. The SMILES string of the molecule is CC(=O)N(C(=O)c1c(C)nn(C)c1F)c1ccccc1-c1ccc(Cl)cn1. The van der Waals surface area contributed by atoms with Crippen LogP contribution in [0.4, 0.5) is 10.1 Å². The fourth-order valence-electron chi connectivity index (χ4n) is 2.83. The lowest BCUT2D eigenvalue weighted by molar-refractivity contribution is -0.115. The molecule has 27 heavy (non-hydrogen) atoms. The number of para-hydroxylation sites is 1. The quantitative estimate of drug-likeness (QED) is 0.687. The highest BCUT2D eigenvalue weighted by Crippen LogP contribution is 2.31. The lowest BCUT2D eigenvalue weighted by atomic mass is 10.1. The van der Waals surface area contributed by atoms with Gasteiger partial charge in [-0.3, -0.25) is 14.6 Å². The minimum absolute atomic E-state index is 0.202. The predicted octanol–water partition coefficient (Wildman–Crippen LogP) is 3.78. The Bertz CT molecular complexity index is 1030. The standard InChI is InChI=1S/C19H16ClFN4O2/c1-11-17(18(21)24(3)23-11)19(27)25(12(2)26)16-7-5-4-6-14(16)15-9-8-13(20)10-22-15/h4-10H,1-3H3. The van der Waals surface area contributed by atoms with Gasteiger partial charge in [0.1, 0.15) is 5.56 Å². The van der Waals surface area contributed by atoms with Gasteiger partial charge in [-0.1, -0.05) is 29.8 Å². The van der Waals surface area contributed by atoms with Crippen LogP contribution >= 0.6 is 11.6 Å². The highest BCUT2D eigenvalue weighted by atomic mass is 35.5. The van der Waals surface area contributed by atoms with Crippen molar-refractivity contribution in [2.24, 2.45) is 7.05 Å². The molecule has 0 aliphatic heterocycles. The van der Waals surface area contributed by atoms with Crippen LogP contribution in [-0.2, 0) is 11.8 Å². The molecule has 0 atom stereocenters. The maximum absolute atomic E-state index is 14.4. The highest BCUT2D eigenvalue weighted by molar-refractivity contribution is 6.30. The number of carbonyl (C=O) groups is 2. The molecule has 0 fully saturated rings. The Morgan fingerprint density at radius 1 is 1.19 bits per heavy atom. The first kappa shape index (κ1) is 18.7. The summed E-state index contributed by atoms with van der Waals surface area (Å²) in [4.78, 5) is 30.6. The lowest BCUT2D eigenvalue weighted by Gasteiger charge is -2.22. The molecule has 0 aliphatic rings. The van der Waals surface area contributed by atoms with Gasteiger partial charge in [-0.15, -0.1) is 0 Å². The van der Waals surface area contributed by atoms with E-state index in [1.807, 2.05) is 0 Å². The molecule has 2 amide bonds. The number of anilines is 1. The average Bonchev–Trinajstić information content (AvgIpc) is 2.88. The van der Waals surface area contributed by atoms with E-state index in [-0.39, 0.29) is 11.3 Å². The van der Waals surface area contributed by atoms with Gasteiger partial charge in [0.2, 0.25) is 11.9 Å². The number of amides is 2. The van der Waals surface area contributed by atoms with Crippen LogP contribution in [0.15, 0.2) is 42.6 Å². The molecule has 3 aromatic rings. The summed E-state index contributed by atoms with van der Waals surface area (Å²) in [6.07, 6.45) is 1.47. The monoisotopic (exact) mass is 386 g/mol. The third-order valence-electron chi connectivity index (χ3n) is 4.03. The van der Waals surface area contributed by atoms with Gasteiger partial charge in [0, 0.05) is 25.7 Å². The summed E-state index contributed by atoms with van der Waals surface area (Å²) in [5.74, 6) is -2.14. The third-order valence-corrected chi connectivity index (χ3v) is 4.26. The number of aryl methyl sites for hydroxylation is 2. The Morgan fingerprint density at radius 2 is 1.89 bits per heavy atom. The second-order valence-corrected chi connectivity index (χ2v) is 6.35. The Morgan fingerprint density at radius 3 is 2.44 bits per heavy atom. The molecule has 0 unspecified atom stereocenters. The summed E-state index contributed by atoms with van der Waals surface area (Å²) in [6, 6.07) is 10.1. The number of hydrogen-bond acceptors (Lipinski definition) is 4. The Hall–Kier alpha value is -3.06. The van der Waals surface area contributed by atoms with E-state index in [0.29, 0.717) is 22.0 Å². The first-order valence-corrected chi connectivity index (χ1v) is 8.44. The first-order valence-electron chi connectivity index (χ1n) is 8.06. The van der Waals surface area contributed by atoms with Gasteiger partial charge in [-0.05, 0) is 25.1 Å². The molecule has 2 heterocycles. The van der Waals surface area contributed by atoms with E-state index in [2.05, 4.69) is 10.1 Å². The molecule has 0 saturated heterocycles. The number of carbonyl (C=O) groups excluding carboxylic acids is 2. The molecule has 0 saturated carbocycles. The van der Waals surface area contributed by atoms with Crippen molar-refractivity contribution in [3.05, 3.63) is 64.8 Å². The van der Waals surface area contributed by atoms with Crippen molar-refractivity contribution >= 4 is 29.1 Å². The molecule has 138 valence electrons. The van der Waals surface area contributed by atoms with Crippen molar-refractivity contribution in [1.82, 2.24) is 14.8 Å². The van der Waals surface area contributed by atoms with Crippen molar-refractivity contribution < 1.29 is 14.0 Å². The fourth-order valence-corrected chi connectivity index (χ4v) is 2.94. The van der Waals surface area contributed by atoms with Gasteiger partial charge in [0.15, 0.2) is 0 Å². The Labute approximate surface area is 160 Å². The number of aromatic nitrogens is 3. The molecule has 0 spiro atoms. The second-order valence-electron chi connectivity index (χ2n) is 5.91. The van der Waals surface area contributed by atoms with Crippen molar-refractivity contribution in [1.29, 1.82) is 0 Å². The largest absolute Gasteiger partial charge is 0.274 e. The number of nitrogens with zero attached hydrogens (tertiary/aromatic N) is 4. The number of imide groups is 1. The molecule has 1 aromatic carbocycles. The Balaban J connectivity index is 2.16. The maximum atomic E-state index is 14.4. The zero-order chi connectivity index (χ0) is 19.7. The van der Waals surface area contributed by atoms with Crippen LogP contribution in [0.2, 0.25) is 5.02 Å². The summed E-state index contributed by atoms with van der Waals surface area (Å²) >= 11 is 5.89. The predicted molar refractivity (Wildman–Crippen MR) is 100 cm³/mol. The van der Waals surface area contributed by atoms with E-state index >= 15 is 0 Å². The molecule has 0 N–H and O–H groups in total. The topological polar surface area (TPSA) is 68.1 Å². The molecule has 6 nitrogen and oxygen atoms in total. The molecular formula is C19H16ClFN4O2. The van der Waals surface area contributed by atoms with Crippen LogP contribution in [-0.4, -0.2) is 26.6 Å². The van der Waals surface area contributed by atoms with Crippen LogP contribution in [0.5, 0.6) is 0 Å². The smallest absolute Gasteiger partial charge is 0.271 e. The molecule has 3 rings (SSSR count). The number of rotatable bonds is 3. The van der Waals surface area contributed by atoms with Crippen molar-refractivity contribution in [3.63, 3.8) is 0 Å². The molecular weight excluding hydrogens is 371 g/mol. The summed E-state index contributed by atoms with van der Waals surface area (Å²) < 4.78 is 15.4. The Kier molecular flexibility index (Phi) is 5.05. The van der Waals surface area contributed by atoms with Crippen LogP contribution in [0, 0.1) is 12.9 Å². The molecule has 2 aromatic heterocycles. The van der Waals surface area contributed by atoms with Gasteiger partial charge in [-0.25, -0.2) is 9.58 Å². The highest BCUT2D eigenvalue weighted by Gasteiger charge is 2.30. The molecule has 0 bridgehead atoms. The zero-order valence-corrected chi connectivity index (χ0v) is 15.7. The van der Waals surface area contributed by atoms with E-state index in [9.17, 15) is 14.0 Å². The average molecular weight is 387 g/mol. The summed E-state index contributed by atoms with van der Waals surface area (Å²) in [7, 11) is 1.39. The van der Waals surface area contributed by atoms with Gasteiger partial charge < -0.3 is 0 Å². The van der Waals surface area contributed by atoms with E-state index < -0.39 is 17.8 Å². The molecule has 0 aliphatic carbocycles. The van der Waals surface area contributed by atoms with Gasteiger partial charge in [0.05, 0.1) is 22.1 Å². The van der Waals surface area contributed by atoms with Crippen LogP contribution in [0.3, 0.4) is 0 Å². The minimum Gasteiger partial charge on any atom is -0.274 e. The van der Waals surface area contributed by atoms with E-state index in [0.717, 1.165) is 9.58 Å². The third kappa shape index (κ3) is 3.46. The van der Waals surface area contributed by atoms with E-state index in [1.54, 1.807) is 36.4 Å². The van der Waals surface area contributed by atoms with Crippen LogP contribution in [0.25, 0.3) is 11.3 Å². The number of benzene rings is 1. The summed E-state index contributed by atoms with van der Waals surface area (Å²) in [6.45, 7) is 2.76. The normalized spacial score (nSPS) is 10.7. The van der Waals surface area contributed by atoms with Crippen molar-refractivity contribution in [2.75, 3.05) is 4.90 Å². The van der Waals surface area contributed by atoms with E-state index in [4.69, 9.17) is 11.6 Å². The van der Waals surface area contributed by atoms with Crippen molar-refractivity contribution in [3.8, 4) is 11.3 Å². The van der Waals surface area contributed by atoms with Gasteiger partial charge in [0.25, 0.3) is 5.91 Å². The minimum atomic E-state index is -0.800. The number of hydrogen-bond donors (Lipinski definition) is 0. The molecule has 0 radical (unpaired) electrons. The maximum Gasteiger partial charge on any atom is 0.271 e. The van der Waals surface area contributed by atoms with Crippen LogP contribution < -0.4 is 4.90 Å². The zero-order valence-electron chi connectivity index (χ0n) is 14.9. The van der Waals surface area contributed by atoms with Gasteiger partial charge in [-0.2, -0.15) is 9.49 Å². The van der Waals surface area contributed by atoms with Crippen LogP contribution in [0.1, 0.15) is 23.0 Å². The number of halogens is 2. The van der Waals surface area contributed by atoms with Gasteiger partial charge >= 0.3 is 0 Å². The lowest BCUT2D eigenvalue weighted by Crippen LogP contribution is -2.36.